The number of rotatable bonds is 8. The van der Waals surface area contributed by atoms with E-state index in [4.69, 9.17) is 5.73 Å². The number of nitrogens with one attached hydrogen (secondary N) is 2. The van der Waals surface area contributed by atoms with Crippen LogP contribution < -0.4 is 15.8 Å². The standard InChI is InChI=1S/C18H28N4O3S/c1-13(2)11-18(3,12-19)21-16(23)9-6-10-20-17-14-7-4-5-8-15(14)26(24,25)22-17/h4-5,7-8,13H,6,9-12,19H2,1-3H3,(H,20,22)(H,21,23). The van der Waals surface area contributed by atoms with Gasteiger partial charge in [0.05, 0.1) is 4.90 Å². The Hall–Kier alpha value is -1.93. The van der Waals surface area contributed by atoms with Gasteiger partial charge in [0.2, 0.25) is 5.91 Å². The first kappa shape index (κ1) is 20.4. The number of nitrogens with two attached hydrogens (primary N) is 1. The lowest BCUT2D eigenvalue weighted by Gasteiger charge is -2.31. The van der Waals surface area contributed by atoms with Crippen LogP contribution in [0.15, 0.2) is 34.2 Å². The van der Waals surface area contributed by atoms with Crippen molar-refractivity contribution in [2.45, 2.75) is 50.5 Å². The van der Waals surface area contributed by atoms with Crippen molar-refractivity contribution in [3.63, 3.8) is 0 Å². The van der Waals surface area contributed by atoms with Crippen molar-refractivity contribution in [3.05, 3.63) is 29.8 Å². The van der Waals surface area contributed by atoms with E-state index in [1.54, 1.807) is 24.3 Å². The molecule has 4 N–H and O–H groups in total. The molecule has 144 valence electrons. The van der Waals surface area contributed by atoms with Gasteiger partial charge in [0.1, 0.15) is 5.84 Å². The fourth-order valence-electron chi connectivity index (χ4n) is 3.17. The molecule has 0 saturated carbocycles. The summed E-state index contributed by atoms with van der Waals surface area (Å²) < 4.78 is 26.5. The lowest BCUT2D eigenvalue weighted by atomic mass is 9.90. The van der Waals surface area contributed by atoms with Crippen molar-refractivity contribution in [1.29, 1.82) is 0 Å². The third-order valence-corrected chi connectivity index (χ3v) is 5.64. The molecule has 0 saturated heterocycles. The summed E-state index contributed by atoms with van der Waals surface area (Å²) in [5, 5.41) is 3.01. The molecule has 7 nitrogen and oxygen atoms in total. The van der Waals surface area contributed by atoms with Gasteiger partial charge in [-0.1, -0.05) is 26.0 Å². The highest BCUT2D eigenvalue weighted by molar-refractivity contribution is 7.90. The minimum atomic E-state index is -3.52. The van der Waals surface area contributed by atoms with Crippen molar-refractivity contribution < 1.29 is 13.2 Å². The first-order chi connectivity index (χ1) is 12.2. The lowest BCUT2D eigenvalue weighted by Crippen LogP contribution is -2.52. The first-order valence-electron chi connectivity index (χ1n) is 8.84. The molecule has 1 aromatic carbocycles. The van der Waals surface area contributed by atoms with E-state index in [9.17, 15) is 13.2 Å². The minimum Gasteiger partial charge on any atom is -0.350 e. The number of amidine groups is 1. The van der Waals surface area contributed by atoms with Gasteiger partial charge in [-0.05, 0) is 37.8 Å². The normalized spacial score (nSPS) is 19.0. The van der Waals surface area contributed by atoms with Crippen molar-refractivity contribution in [2.24, 2.45) is 16.6 Å². The molecule has 0 bridgehead atoms. The zero-order valence-corrected chi connectivity index (χ0v) is 16.4. The summed E-state index contributed by atoms with van der Waals surface area (Å²) in [6, 6.07) is 6.72. The van der Waals surface area contributed by atoms with Crippen LogP contribution in [0.3, 0.4) is 0 Å². The molecule has 1 aliphatic heterocycles. The van der Waals surface area contributed by atoms with Crippen LogP contribution in [0, 0.1) is 5.92 Å². The molecule has 1 aromatic rings. The fraction of sp³-hybridized carbons (Fsp3) is 0.556. The Bertz CT molecular complexity index is 789. The smallest absolute Gasteiger partial charge is 0.263 e. The van der Waals surface area contributed by atoms with Gasteiger partial charge >= 0.3 is 0 Å². The summed E-state index contributed by atoms with van der Waals surface area (Å²) in [6.07, 6.45) is 1.66. The van der Waals surface area contributed by atoms with Gasteiger partial charge < -0.3 is 11.1 Å². The predicted molar refractivity (Wildman–Crippen MR) is 102 cm³/mol. The molecule has 0 radical (unpaired) electrons. The minimum absolute atomic E-state index is 0.0637. The van der Waals surface area contributed by atoms with Crippen LogP contribution in [-0.4, -0.2) is 38.8 Å². The van der Waals surface area contributed by atoms with E-state index in [2.05, 4.69) is 28.9 Å². The Kier molecular flexibility index (Phi) is 6.41. The van der Waals surface area contributed by atoms with E-state index in [-0.39, 0.29) is 10.8 Å². The molecule has 0 fully saturated rings. The topological polar surface area (TPSA) is 114 Å². The molecule has 2 rings (SSSR count). The van der Waals surface area contributed by atoms with Crippen LogP contribution in [0.1, 0.15) is 45.6 Å². The van der Waals surface area contributed by atoms with Crippen molar-refractivity contribution in [1.82, 2.24) is 10.0 Å². The largest absolute Gasteiger partial charge is 0.350 e. The molecule has 0 spiro atoms. The van der Waals surface area contributed by atoms with E-state index < -0.39 is 15.6 Å². The van der Waals surface area contributed by atoms with Crippen molar-refractivity contribution in [2.75, 3.05) is 13.1 Å². The van der Waals surface area contributed by atoms with Crippen LogP contribution in [-0.2, 0) is 14.8 Å². The maximum Gasteiger partial charge on any atom is 0.263 e. The Morgan fingerprint density at radius 3 is 2.69 bits per heavy atom. The number of fused-ring (bicyclic) bond motifs is 1. The van der Waals surface area contributed by atoms with E-state index in [0.717, 1.165) is 6.42 Å². The van der Waals surface area contributed by atoms with E-state index in [1.165, 1.54) is 0 Å². The van der Waals surface area contributed by atoms with Gasteiger partial charge in [-0.2, -0.15) is 0 Å². The molecule has 0 aromatic heterocycles. The molecular weight excluding hydrogens is 352 g/mol. The molecule has 0 aliphatic carbocycles. The van der Waals surface area contributed by atoms with Gasteiger partial charge in [-0.3, -0.25) is 14.5 Å². The number of carbonyl (C=O) groups excluding carboxylic acids is 1. The van der Waals surface area contributed by atoms with Crippen molar-refractivity contribution in [3.8, 4) is 0 Å². The second kappa shape index (κ2) is 8.18. The maximum atomic E-state index is 12.2. The third kappa shape index (κ3) is 5.04. The monoisotopic (exact) mass is 380 g/mol. The molecule has 1 unspecified atom stereocenters. The Labute approximate surface area is 155 Å². The van der Waals surface area contributed by atoms with E-state index in [1.807, 2.05) is 6.92 Å². The average Bonchev–Trinajstić information content (AvgIpc) is 2.82. The number of sulfonamides is 1. The number of carbonyl (C=O) groups is 1. The number of hydrogen-bond acceptors (Lipinski definition) is 5. The van der Waals surface area contributed by atoms with Gasteiger partial charge in [0.15, 0.2) is 0 Å². The second-order valence-electron chi connectivity index (χ2n) is 7.35. The maximum absolute atomic E-state index is 12.2. The Morgan fingerprint density at radius 1 is 1.35 bits per heavy atom. The molecule has 8 heteroatoms. The molecule has 26 heavy (non-hydrogen) atoms. The first-order valence-corrected chi connectivity index (χ1v) is 10.3. The quantitative estimate of drug-likeness (QED) is 0.591. The van der Waals surface area contributed by atoms with E-state index in [0.29, 0.717) is 43.2 Å². The van der Waals surface area contributed by atoms with Gasteiger partial charge in [-0.25, -0.2) is 8.42 Å². The molecule has 1 amide bonds. The number of hydrogen-bond donors (Lipinski definition) is 3. The van der Waals surface area contributed by atoms with Gasteiger partial charge in [0.25, 0.3) is 10.0 Å². The summed E-state index contributed by atoms with van der Waals surface area (Å²) in [5.41, 5.74) is 5.98. The summed E-state index contributed by atoms with van der Waals surface area (Å²) in [5.74, 6) is 0.713. The highest BCUT2D eigenvalue weighted by Crippen LogP contribution is 2.22. The number of nitrogens with zero attached hydrogens (tertiary/aromatic N) is 1. The van der Waals surface area contributed by atoms with Crippen LogP contribution in [0.2, 0.25) is 0 Å². The molecular formula is C18H28N4O3S. The van der Waals surface area contributed by atoms with Crippen LogP contribution in [0.25, 0.3) is 0 Å². The molecule has 1 aliphatic rings. The number of amides is 1. The molecule has 1 heterocycles. The Morgan fingerprint density at radius 2 is 2.04 bits per heavy atom. The summed E-state index contributed by atoms with van der Waals surface area (Å²) in [4.78, 5) is 16.7. The van der Waals surface area contributed by atoms with Gasteiger partial charge in [0, 0.05) is 30.6 Å². The van der Waals surface area contributed by atoms with Crippen LogP contribution in [0.4, 0.5) is 0 Å². The van der Waals surface area contributed by atoms with Crippen LogP contribution in [0.5, 0.6) is 0 Å². The second-order valence-corrected chi connectivity index (χ2v) is 9.00. The van der Waals surface area contributed by atoms with E-state index >= 15 is 0 Å². The highest BCUT2D eigenvalue weighted by Gasteiger charge is 2.30. The number of benzene rings is 1. The predicted octanol–water partition coefficient (Wildman–Crippen LogP) is 1.39. The van der Waals surface area contributed by atoms with Crippen LogP contribution >= 0.6 is 0 Å². The fourth-order valence-corrected chi connectivity index (χ4v) is 4.42. The van der Waals surface area contributed by atoms with Gasteiger partial charge in [-0.15, -0.1) is 0 Å². The molecule has 1 atom stereocenters. The zero-order valence-electron chi connectivity index (χ0n) is 15.6. The van der Waals surface area contributed by atoms with Crippen molar-refractivity contribution >= 4 is 21.8 Å². The third-order valence-electron chi connectivity index (χ3n) is 4.25. The average molecular weight is 381 g/mol. The Balaban J connectivity index is 1.89. The number of aliphatic imine (C=N–C) groups is 1. The summed E-state index contributed by atoms with van der Waals surface area (Å²) >= 11 is 0. The summed E-state index contributed by atoms with van der Waals surface area (Å²) in [7, 11) is -3.52. The lowest BCUT2D eigenvalue weighted by molar-refractivity contribution is -0.123. The SMILES string of the molecule is CC(C)CC(C)(CN)NC(=O)CCCN=C1NS(=O)(=O)c2ccccc21. The summed E-state index contributed by atoms with van der Waals surface area (Å²) in [6.45, 7) is 6.89. The zero-order chi connectivity index (χ0) is 19.4. The highest BCUT2D eigenvalue weighted by atomic mass is 32.2.